The average molecular weight is 357 g/mol. The van der Waals surface area contributed by atoms with Crippen LogP contribution in [-0.2, 0) is 20.9 Å². The summed E-state index contributed by atoms with van der Waals surface area (Å²) in [4.78, 5) is 27.1. The third-order valence-corrected chi connectivity index (χ3v) is 6.11. The highest BCUT2D eigenvalue weighted by Crippen LogP contribution is 2.36. The Morgan fingerprint density at radius 1 is 1.08 bits per heavy atom. The van der Waals surface area contributed by atoms with Crippen molar-refractivity contribution in [2.24, 2.45) is 11.8 Å². The molecular formula is C21H27NO4. The van der Waals surface area contributed by atoms with E-state index in [9.17, 15) is 9.59 Å². The van der Waals surface area contributed by atoms with Crippen molar-refractivity contribution in [3.63, 3.8) is 0 Å². The highest BCUT2D eigenvalue weighted by Gasteiger charge is 2.44. The quantitative estimate of drug-likeness (QED) is 0.808. The van der Waals surface area contributed by atoms with Gasteiger partial charge in [0.2, 0.25) is 0 Å². The second-order valence-electron chi connectivity index (χ2n) is 7.93. The fraction of sp³-hybridized carbons (Fsp3) is 0.619. The molecule has 4 rings (SSSR count). The van der Waals surface area contributed by atoms with Gasteiger partial charge in [0.1, 0.15) is 12.4 Å². The number of benzene rings is 1. The maximum Gasteiger partial charge on any atom is 0.410 e. The molecule has 5 nitrogen and oxygen atoms in total. The second-order valence-corrected chi connectivity index (χ2v) is 7.93. The fourth-order valence-electron chi connectivity index (χ4n) is 4.42. The summed E-state index contributed by atoms with van der Waals surface area (Å²) in [6.07, 6.45) is 5.53. The Morgan fingerprint density at radius 2 is 1.77 bits per heavy atom. The zero-order valence-electron chi connectivity index (χ0n) is 15.1. The Kier molecular flexibility index (Phi) is 5.25. The predicted molar refractivity (Wildman–Crippen MR) is 96.6 cm³/mol. The number of nitrogens with zero attached hydrogens (tertiary/aromatic N) is 1. The van der Waals surface area contributed by atoms with Crippen LogP contribution in [0.1, 0.15) is 44.1 Å². The summed E-state index contributed by atoms with van der Waals surface area (Å²) >= 11 is 0. The molecule has 1 saturated carbocycles. The number of carbonyl (C=O) groups is 2. The Hall–Kier alpha value is -1.88. The van der Waals surface area contributed by atoms with Gasteiger partial charge in [-0.05, 0) is 24.3 Å². The molecule has 0 spiro atoms. The number of hydrogen-bond donors (Lipinski definition) is 0. The first-order valence-corrected chi connectivity index (χ1v) is 9.80. The van der Waals surface area contributed by atoms with Gasteiger partial charge in [0.05, 0.1) is 25.3 Å². The van der Waals surface area contributed by atoms with Gasteiger partial charge < -0.3 is 9.47 Å². The van der Waals surface area contributed by atoms with Gasteiger partial charge in [0, 0.05) is 12.3 Å². The maximum absolute atomic E-state index is 12.7. The third kappa shape index (κ3) is 3.78. The van der Waals surface area contributed by atoms with E-state index < -0.39 is 0 Å². The van der Waals surface area contributed by atoms with Crippen LogP contribution in [0.2, 0.25) is 0 Å². The smallest absolute Gasteiger partial charge is 0.410 e. The van der Waals surface area contributed by atoms with Crippen molar-refractivity contribution in [2.45, 2.75) is 57.2 Å². The van der Waals surface area contributed by atoms with E-state index in [-0.39, 0.29) is 30.7 Å². The van der Waals surface area contributed by atoms with Gasteiger partial charge in [-0.3, -0.25) is 9.69 Å². The molecule has 2 unspecified atom stereocenters. The van der Waals surface area contributed by atoms with Crippen molar-refractivity contribution >= 4 is 11.9 Å². The molecule has 0 N–H and O–H groups in total. The zero-order valence-corrected chi connectivity index (χ0v) is 15.1. The molecule has 3 aliphatic rings. The van der Waals surface area contributed by atoms with E-state index in [2.05, 4.69) is 0 Å². The first kappa shape index (κ1) is 17.5. The van der Waals surface area contributed by atoms with E-state index >= 15 is 0 Å². The van der Waals surface area contributed by atoms with Crippen LogP contribution in [-0.4, -0.2) is 42.1 Å². The van der Waals surface area contributed by atoms with Crippen LogP contribution in [0, 0.1) is 11.8 Å². The molecule has 5 heteroatoms. The van der Waals surface area contributed by atoms with Gasteiger partial charge in [0.25, 0.3) is 0 Å². The molecule has 2 atom stereocenters. The molecule has 2 saturated heterocycles. The lowest BCUT2D eigenvalue weighted by molar-refractivity contribution is -0.132. The zero-order chi connectivity index (χ0) is 17.9. The summed E-state index contributed by atoms with van der Waals surface area (Å²) in [5, 5.41) is 0. The number of carbonyl (C=O) groups excluding carboxylic acids is 2. The highest BCUT2D eigenvalue weighted by atomic mass is 16.6. The molecule has 2 bridgehead atoms. The van der Waals surface area contributed by atoms with Gasteiger partial charge in [-0.25, -0.2) is 4.79 Å². The molecule has 1 aromatic carbocycles. The van der Waals surface area contributed by atoms with Gasteiger partial charge in [-0.2, -0.15) is 0 Å². The maximum atomic E-state index is 12.7. The van der Waals surface area contributed by atoms with Crippen molar-refractivity contribution in [1.82, 2.24) is 4.90 Å². The molecule has 26 heavy (non-hydrogen) atoms. The van der Waals surface area contributed by atoms with E-state index in [1.165, 1.54) is 19.3 Å². The van der Waals surface area contributed by atoms with Crippen molar-refractivity contribution in [3.05, 3.63) is 35.9 Å². The van der Waals surface area contributed by atoms with E-state index in [1.807, 2.05) is 35.2 Å². The molecule has 1 aliphatic carbocycles. The second kappa shape index (κ2) is 7.78. The summed E-state index contributed by atoms with van der Waals surface area (Å²) in [5.74, 6) is 1.07. The predicted octanol–water partition coefficient (Wildman–Crippen LogP) is 3.56. The van der Waals surface area contributed by atoms with E-state index in [0.717, 1.165) is 12.0 Å². The normalized spacial score (nSPS) is 28.3. The molecular weight excluding hydrogens is 330 g/mol. The summed E-state index contributed by atoms with van der Waals surface area (Å²) < 4.78 is 11.2. The molecule has 0 radical (unpaired) electrons. The minimum atomic E-state index is -0.281. The third-order valence-electron chi connectivity index (χ3n) is 6.11. The number of piperidine rings is 1. The van der Waals surface area contributed by atoms with Crippen LogP contribution in [0.3, 0.4) is 0 Å². The lowest BCUT2D eigenvalue weighted by atomic mass is 9.76. The summed E-state index contributed by atoms with van der Waals surface area (Å²) in [6, 6.07) is 9.63. The van der Waals surface area contributed by atoms with Crippen molar-refractivity contribution in [2.75, 3.05) is 13.2 Å². The largest absolute Gasteiger partial charge is 0.445 e. The van der Waals surface area contributed by atoms with Crippen LogP contribution in [0.25, 0.3) is 0 Å². The number of morpholine rings is 1. The van der Waals surface area contributed by atoms with Crippen molar-refractivity contribution in [3.8, 4) is 0 Å². The van der Waals surface area contributed by atoms with E-state index in [0.29, 0.717) is 37.8 Å². The van der Waals surface area contributed by atoms with E-state index in [1.54, 1.807) is 0 Å². The topological polar surface area (TPSA) is 55.8 Å². The van der Waals surface area contributed by atoms with Gasteiger partial charge >= 0.3 is 6.09 Å². The Balaban J connectivity index is 1.35. The number of hydrogen-bond acceptors (Lipinski definition) is 4. The Labute approximate surface area is 154 Å². The molecule has 1 amide bonds. The molecule has 2 heterocycles. The average Bonchev–Trinajstić information content (AvgIpc) is 2.62. The first-order valence-electron chi connectivity index (χ1n) is 9.80. The number of Topliss-reactive ketones (excluding diaryl/α,β-unsaturated/α-hetero) is 1. The van der Waals surface area contributed by atoms with Crippen LogP contribution in [0.5, 0.6) is 0 Å². The molecule has 0 aromatic heterocycles. The van der Waals surface area contributed by atoms with Crippen LogP contribution in [0.4, 0.5) is 4.79 Å². The molecule has 3 fully saturated rings. The minimum absolute atomic E-state index is 0.0406. The monoisotopic (exact) mass is 357 g/mol. The summed E-state index contributed by atoms with van der Waals surface area (Å²) in [5.41, 5.74) is 0.979. The SMILES string of the molecule is O=C(CC1CCC1)C1CC2COCC(C1)N2C(=O)OCc1ccccc1. The summed E-state index contributed by atoms with van der Waals surface area (Å²) in [6.45, 7) is 1.29. The van der Waals surface area contributed by atoms with Crippen LogP contribution >= 0.6 is 0 Å². The Morgan fingerprint density at radius 3 is 2.38 bits per heavy atom. The first-order chi connectivity index (χ1) is 12.7. The fourth-order valence-corrected chi connectivity index (χ4v) is 4.42. The highest BCUT2D eigenvalue weighted by molar-refractivity contribution is 5.82. The van der Waals surface area contributed by atoms with Crippen molar-refractivity contribution in [1.29, 1.82) is 0 Å². The molecule has 2 aliphatic heterocycles. The standard InChI is InChI=1S/C21H27NO4/c23-20(9-15-7-4-8-15)17-10-18-13-25-14-19(11-17)22(18)21(24)26-12-16-5-2-1-3-6-16/h1-3,5-6,15,17-19H,4,7-14H2. The number of ketones is 1. The Bertz CT molecular complexity index is 629. The lowest BCUT2D eigenvalue weighted by Gasteiger charge is -2.47. The van der Waals surface area contributed by atoms with Gasteiger partial charge in [-0.1, -0.05) is 49.6 Å². The lowest BCUT2D eigenvalue weighted by Crippen LogP contribution is -2.60. The number of ether oxygens (including phenoxy) is 2. The van der Waals surface area contributed by atoms with Crippen LogP contribution in [0.15, 0.2) is 30.3 Å². The summed E-state index contributed by atoms with van der Waals surface area (Å²) in [7, 11) is 0. The van der Waals surface area contributed by atoms with Crippen LogP contribution < -0.4 is 0 Å². The molecule has 1 aromatic rings. The molecule has 140 valence electrons. The number of rotatable bonds is 5. The number of fused-ring (bicyclic) bond motifs is 2. The van der Waals surface area contributed by atoms with E-state index in [4.69, 9.17) is 9.47 Å². The van der Waals surface area contributed by atoms with Gasteiger partial charge in [-0.15, -0.1) is 0 Å². The van der Waals surface area contributed by atoms with Crippen molar-refractivity contribution < 1.29 is 19.1 Å². The van der Waals surface area contributed by atoms with Gasteiger partial charge in [0.15, 0.2) is 0 Å². The number of amides is 1. The minimum Gasteiger partial charge on any atom is -0.445 e.